The van der Waals surface area contributed by atoms with Crippen molar-refractivity contribution in [1.82, 2.24) is 15.3 Å². The van der Waals surface area contributed by atoms with Gasteiger partial charge in [0.15, 0.2) is 0 Å². The zero-order valence-corrected chi connectivity index (χ0v) is 11.5. The van der Waals surface area contributed by atoms with Gasteiger partial charge in [0.25, 0.3) is 0 Å². The molecule has 1 saturated heterocycles. The SMILES string of the molecule is O=C(O)c1ccc(-c2cc(N3CCNCC3)ncn2)cc1. The second-order valence-corrected chi connectivity index (χ2v) is 4.88. The molecule has 0 atom stereocenters. The first-order chi connectivity index (χ1) is 10.2. The molecule has 1 fully saturated rings. The van der Waals surface area contributed by atoms with E-state index in [-0.39, 0.29) is 5.56 Å². The molecule has 108 valence electrons. The number of piperazine rings is 1. The highest BCUT2D eigenvalue weighted by molar-refractivity contribution is 5.88. The number of hydrogen-bond acceptors (Lipinski definition) is 5. The highest BCUT2D eigenvalue weighted by atomic mass is 16.4. The van der Waals surface area contributed by atoms with E-state index in [2.05, 4.69) is 20.2 Å². The highest BCUT2D eigenvalue weighted by Gasteiger charge is 2.13. The molecule has 0 unspecified atom stereocenters. The quantitative estimate of drug-likeness (QED) is 0.883. The smallest absolute Gasteiger partial charge is 0.335 e. The third kappa shape index (κ3) is 3.00. The van der Waals surface area contributed by atoms with Crippen molar-refractivity contribution in [3.05, 3.63) is 42.2 Å². The van der Waals surface area contributed by atoms with Crippen LogP contribution in [-0.2, 0) is 0 Å². The summed E-state index contributed by atoms with van der Waals surface area (Å²) in [6.07, 6.45) is 1.55. The molecular weight excluding hydrogens is 268 g/mol. The minimum Gasteiger partial charge on any atom is -0.478 e. The fraction of sp³-hybridized carbons (Fsp3) is 0.267. The maximum absolute atomic E-state index is 10.9. The number of carboxylic acids is 1. The van der Waals surface area contributed by atoms with Crippen molar-refractivity contribution in [2.75, 3.05) is 31.1 Å². The van der Waals surface area contributed by atoms with Crippen LogP contribution < -0.4 is 10.2 Å². The normalized spacial score (nSPS) is 15.0. The van der Waals surface area contributed by atoms with Crippen molar-refractivity contribution >= 4 is 11.8 Å². The average molecular weight is 284 g/mol. The molecular formula is C15H16N4O2. The van der Waals surface area contributed by atoms with Gasteiger partial charge in [-0.05, 0) is 12.1 Å². The molecule has 6 heteroatoms. The zero-order valence-electron chi connectivity index (χ0n) is 11.5. The summed E-state index contributed by atoms with van der Waals surface area (Å²) in [6.45, 7) is 3.75. The molecule has 0 bridgehead atoms. The number of nitrogens with zero attached hydrogens (tertiary/aromatic N) is 3. The molecule has 0 aliphatic carbocycles. The molecule has 1 aliphatic rings. The fourth-order valence-corrected chi connectivity index (χ4v) is 2.36. The number of rotatable bonds is 3. The molecule has 0 radical (unpaired) electrons. The maximum atomic E-state index is 10.9. The second-order valence-electron chi connectivity index (χ2n) is 4.88. The van der Waals surface area contributed by atoms with Gasteiger partial charge in [-0.2, -0.15) is 0 Å². The summed E-state index contributed by atoms with van der Waals surface area (Å²) in [4.78, 5) is 21.7. The molecule has 21 heavy (non-hydrogen) atoms. The largest absolute Gasteiger partial charge is 0.478 e. The number of aromatic carboxylic acids is 1. The van der Waals surface area contributed by atoms with Crippen molar-refractivity contribution in [2.24, 2.45) is 0 Å². The molecule has 0 saturated carbocycles. The number of carbonyl (C=O) groups is 1. The lowest BCUT2D eigenvalue weighted by molar-refractivity contribution is 0.0697. The highest BCUT2D eigenvalue weighted by Crippen LogP contribution is 2.21. The summed E-state index contributed by atoms with van der Waals surface area (Å²) in [6, 6.07) is 8.66. The van der Waals surface area contributed by atoms with Crippen LogP contribution in [0.25, 0.3) is 11.3 Å². The van der Waals surface area contributed by atoms with Gasteiger partial charge in [0.1, 0.15) is 12.1 Å². The summed E-state index contributed by atoms with van der Waals surface area (Å²) in [5, 5.41) is 12.2. The third-order valence-electron chi connectivity index (χ3n) is 3.52. The lowest BCUT2D eigenvalue weighted by Gasteiger charge is -2.28. The maximum Gasteiger partial charge on any atom is 0.335 e. The molecule has 2 aromatic rings. The summed E-state index contributed by atoms with van der Waals surface area (Å²) >= 11 is 0. The second kappa shape index (κ2) is 5.88. The van der Waals surface area contributed by atoms with Gasteiger partial charge in [-0.1, -0.05) is 12.1 Å². The van der Waals surface area contributed by atoms with Crippen LogP contribution in [-0.4, -0.2) is 47.2 Å². The van der Waals surface area contributed by atoms with Crippen LogP contribution in [0.3, 0.4) is 0 Å². The summed E-state index contributed by atoms with van der Waals surface area (Å²) < 4.78 is 0. The van der Waals surface area contributed by atoms with E-state index in [0.29, 0.717) is 0 Å². The van der Waals surface area contributed by atoms with E-state index in [1.165, 1.54) is 0 Å². The van der Waals surface area contributed by atoms with Gasteiger partial charge >= 0.3 is 5.97 Å². The Labute approximate surface area is 122 Å². The van der Waals surface area contributed by atoms with Crippen LogP contribution >= 0.6 is 0 Å². The molecule has 1 aromatic carbocycles. The van der Waals surface area contributed by atoms with Crippen molar-refractivity contribution in [1.29, 1.82) is 0 Å². The molecule has 2 N–H and O–H groups in total. The van der Waals surface area contributed by atoms with E-state index in [1.54, 1.807) is 30.6 Å². The van der Waals surface area contributed by atoms with Gasteiger partial charge in [-0.15, -0.1) is 0 Å². The zero-order chi connectivity index (χ0) is 14.7. The first-order valence-corrected chi connectivity index (χ1v) is 6.85. The van der Waals surface area contributed by atoms with Crippen LogP contribution in [0.4, 0.5) is 5.82 Å². The molecule has 1 aliphatic heterocycles. The van der Waals surface area contributed by atoms with Gasteiger partial charge in [-0.25, -0.2) is 14.8 Å². The minimum atomic E-state index is -0.925. The first kappa shape index (κ1) is 13.5. The summed E-state index contributed by atoms with van der Waals surface area (Å²) in [5.74, 6) is -0.0189. The Morgan fingerprint density at radius 3 is 2.52 bits per heavy atom. The van der Waals surface area contributed by atoms with Crippen LogP contribution in [0.5, 0.6) is 0 Å². The number of aromatic nitrogens is 2. The molecule has 3 rings (SSSR count). The first-order valence-electron chi connectivity index (χ1n) is 6.85. The standard InChI is InChI=1S/C15H16N4O2/c20-15(21)12-3-1-11(2-4-12)13-9-14(18-10-17-13)19-7-5-16-6-8-19/h1-4,9-10,16H,5-8H2,(H,20,21). The Morgan fingerprint density at radius 1 is 1.14 bits per heavy atom. The van der Waals surface area contributed by atoms with Gasteiger partial charge in [0.2, 0.25) is 0 Å². The fourth-order valence-electron chi connectivity index (χ4n) is 2.36. The monoisotopic (exact) mass is 284 g/mol. The number of nitrogens with one attached hydrogen (secondary N) is 1. The van der Waals surface area contributed by atoms with Crippen LogP contribution in [0.1, 0.15) is 10.4 Å². The predicted molar refractivity (Wildman–Crippen MR) is 79.5 cm³/mol. The topological polar surface area (TPSA) is 78.4 Å². The van der Waals surface area contributed by atoms with Gasteiger partial charge < -0.3 is 15.3 Å². The Hall–Kier alpha value is -2.47. The molecule has 1 aromatic heterocycles. The van der Waals surface area contributed by atoms with E-state index >= 15 is 0 Å². The van der Waals surface area contributed by atoms with Crippen molar-refractivity contribution in [3.63, 3.8) is 0 Å². The Morgan fingerprint density at radius 2 is 1.86 bits per heavy atom. The van der Waals surface area contributed by atoms with Crippen LogP contribution in [0.2, 0.25) is 0 Å². The van der Waals surface area contributed by atoms with E-state index < -0.39 is 5.97 Å². The van der Waals surface area contributed by atoms with E-state index in [9.17, 15) is 4.79 Å². The minimum absolute atomic E-state index is 0.273. The predicted octanol–water partition coefficient (Wildman–Crippen LogP) is 1.25. The molecule has 6 nitrogen and oxygen atoms in total. The Kier molecular flexibility index (Phi) is 3.79. The Bertz CT molecular complexity index is 636. The van der Waals surface area contributed by atoms with E-state index in [1.807, 2.05) is 6.07 Å². The molecule has 0 amide bonds. The van der Waals surface area contributed by atoms with Crippen LogP contribution in [0.15, 0.2) is 36.7 Å². The summed E-state index contributed by atoms with van der Waals surface area (Å²) in [5.41, 5.74) is 1.96. The summed E-state index contributed by atoms with van der Waals surface area (Å²) in [7, 11) is 0. The molecule has 2 heterocycles. The average Bonchev–Trinajstić information content (AvgIpc) is 2.56. The van der Waals surface area contributed by atoms with Crippen molar-refractivity contribution in [2.45, 2.75) is 0 Å². The van der Waals surface area contributed by atoms with Gasteiger partial charge in [0.05, 0.1) is 11.3 Å². The van der Waals surface area contributed by atoms with Gasteiger partial charge in [-0.3, -0.25) is 0 Å². The lowest BCUT2D eigenvalue weighted by Crippen LogP contribution is -2.43. The van der Waals surface area contributed by atoms with E-state index in [0.717, 1.165) is 43.3 Å². The van der Waals surface area contributed by atoms with E-state index in [4.69, 9.17) is 5.11 Å². The third-order valence-corrected chi connectivity index (χ3v) is 3.52. The van der Waals surface area contributed by atoms with Gasteiger partial charge in [0, 0.05) is 37.8 Å². The van der Waals surface area contributed by atoms with Crippen molar-refractivity contribution in [3.8, 4) is 11.3 Å². The number of carboxylic acid groups (broad SMARTS) is 1. The van der Waals surface area contributed by atoms with Crippen molar-refractivity contribution < 1.29 is 9.90 Å². The Balaban J connectivity index is 1.86. The van der Waals surface area contributed by atoms with Crippen LogP contribution in [0, 0.1) is 0 Å². The number of hydrogen-bond donors (Lipinski definition) is 2. The number of anilines is 1. The lowest BCUT2D eigenvalue weighted by atomic mass is 10.1. The number of benzene rings is 1. The molecule has 0 spiro atoms.